The van der Waals surface area contributed by atoms with Crippen molar-refractivity contribution in [2.75, 3.05) is 0 Å². The van der Waals surface area contributed by atoms with Gasteiger partial charge in [-0.1, -0.05) is 30.3 Å². The normalized spacial score (nSPS) is 11.3. The molecule has 0 fully saturated rings. The predicted octanol–water partition coefficient (Wildman–Crippen LogP) is 6.34. The largest absolute Gasteiger partial charge is 0.507 e. The summed E-state index contributed by atoms with van der Waals surface area (Å²) in [5, 5.41) is 42.9. The van der Waals surface area contributed by atoms with Crippen LogP contribution in [-0.2, 0) is 0 Å². The molecule has 1 N–H and O–H groups in total. The van der Waals surface area contributed by atoms with Crippen molar-refractivity contribution in [3.05, 3.63) is 86.0 Å². The molecular formula is C24H16N4O7. The summed E-state index contributed by atoms with van der Waals surface area (Å²) in [4.78, 5) is 45.1. The quantitative estimate of drug-likeness (QED) is 0.112. The lowest BCUT2D eigenvalue weighted by Crippen LogP contribution is -1.96. The minimum absolute atomic E-state index is 0.193. The van der Waals surface area contributed by atoms with Gasteiger partial charge in [-0.25, -0.2) is 0 Å². The number of Topliss-reactive ketones (excluding diaryl/α,β-unsaturated/α-hetero) is 2. The summed E-state index contributed by atoms with van der Waals surface area (Å²) < 4.78 is 0. The molecule has 0 saturated carbocycles. The Kier molecular flexibility index (Phi) is 5.75. The molecule has 4 rings (SSSR count). The van der Waals surface area contributed by atoms with Crippen LogP contribution in [-0.4, -0.2) is 26.5 Å². The molecule has 0 amide bonds. The topological polar surface area (TPSA) is 165 Å². The molecule has 4 aromatic rings. The van der Waals surface area contributed by atoms with E-state index in [1.807, 2.05) is 0 Å². The van der Waals surface area contributed by atoms with Gasteiger partial charge in [-0.2, -0.15) is 0 Å². The van der Waals surface area contributed by atoms with E-state index < -0.39 is 21.2 Å². The molecule has 0 saturated heterocycles. The molecule has 0 atom stereocenters. The number of phenols is 1. The number of fused-ring (bicyclic) bond motifs is 2. The van der Waals surface area contributed by atoms with Gasteiger partial charge >= 0.3 is 5.69 Å². The van der Waals surface area contributed by atoms with Gasteiger partial charge in [0, 0.05) is 38.7 Å². The van der Waals surface area contributed by atoms with Crippen LogP contribution >= 0.6 is 0 Å². The van der Waals surface area contributed by atoms with Crippen molar-refractivity contribution in [2.24, 2.45) is 10.2 Å². The van der Waals surface area contributed by atoms with E-state index in [0.717, 1.165) is 18.2 Å². The molecule has 0 bridgehead atoms. The Morgan fingerprint density at radius 2 is 1.57 bits per heavy atom. The van der Waals surface area contributed by atoms with Crippen molar-refractivity contribution in [2.45, 2.75) is 13.8 Å². The molecule has 0 radical (unpaired) electrons. The summed E-state index contributed by atoms with van der Waals surface area (Å²) in [7, 11) is 0. The third-order valence-corrected chi connectivity index (χ3v) is 5.50. The van der Waals surface area contributed by atoms with Gasteiger partial charge in [0.1, 0.15) is 11.4 Å². The third-order valence-electron chi connectivity index (χ3n) is 5.50. The Morgan fingerprint density at radius 1 is 0.829 bits per heavy atom. The van der Waals surface area contributed by atoms with Gasteiger partial charge < -0.3 is 5.11 Å². The van der Waals surface area contributed by atoms with E-state index in [1.54, 1.807) is 18.2 Å². The number of nitro groups is 2. The molecule has 174 valence electrons. The van der Waals surface area contributed by atoms with Crippen LogP contribution in [0, 0.1) is 20.2 Å². The molecule has 0 aliphatic carbocycles. The molecule has 0 aliphatic rings. The number of carbonyl (C=O) groups is 2. The van der Waals surface area contributed by atoms with Crippen molar-refractivity contribution in [1.82, 2.24) is 0 Å². The summed E-state index contributed by atoms with van der Waals surface area (Å²) in [6, 6.07) is 12.3. The molecule has 0 spiro atoms. The summed E-state index contributed by atoms with van der Waals surface area (Å²) in [6.45, 7) is 2.71. The predicted molar refractivity (Wildman–Crippen MR) is 127 cm³/mol. The van der Waals surface area contributed by atoms with E-state index in [9.17, 15) is 34.9 Å². The first-order valence-corrected chi connectivity index (χ1v) is 10.2. The van der Waals surface area contributed by atoms with Gasteiger partial charge in [0.15, 0.2) is 17.3 Å². The molecule has 35 heavy (non-hydrogen) atoms. The molecule has 0 aromatic heterocycles. The van der Waals surface area contributed by atoms with E-state index in [4.69, 9.17) is 0 Å². The van der Waals surface area contributed by atoms with E-state index in [-0.39, 0.29) is 45.0 Å². The van der Waals surface area contributed by atoms with E-state index in [1.165, 1.54) is 32.0 Å². The van der Waals surface area contributed by atoms with Crippen LogP contribution in [0.4, 0.5) is 22.7 Å². The lowest BCUT2D eigenvalue weighted by Gasteiger charge is -2.13. The minimum Gasteiger partial charge on any atom is -0.507 e. The maximum absolute atomic E-state index is 12.3. The first kappa shape index (κ1) is 23.1. The second kappa shape index (κ2) is 8.71. The Hall–Kier alpha value is -5.06. The van der Waals surface area contributed by atoms with Crippen LogP contribution in [0.15, 0.2) is 64.8 Å². The average Bonchev–Trinajstić information content (AvgIpc) is 2.82. The number of nitro benzene ring substituents is 2. The van der Waals surface area contributed by atoms with E-state index in [2.05, 4.69) is 10.2 Å². The number of azo groups is 1. The SMILES string of the molecule is CC(=O)c1ccc2c(N=Nc3ccc([N+](=O)[O-])cc3[N+](=O)[O-])c3cccc(C(C)=O)c3c(O)c2c1. The number of rotatable bonds is 6. The number of carbonyl (C=O) groups excluding carboxylic acids is 2. The monoisotopic (exact) mass is 472 g/mol. The summed E-state index contributed by atoms with van der Waals surface area (Å²) in [5.74, 6) is -0.776. The zero-order valence-corrected chi connectivity index (χ0v) is 18.4. The number of hydrogen-bond donors (Lipinski definition) is 1. The molecule has 0 aliphatic heterocycles. The van der Waals surface area contributed by atoms with E-state index in [0.29, 0.717) is 16.3 Å². The Labute approximate surface area is 196 Å². The summed E-state index contributed by atoms with van der Waals surface area (Å²) in [6.07, 6.45) is 0. The third kappa shape index (κ3) is 4.06. The highest BCUT2D eigenvalue weighted by Gasteiger charge is 2.21. The van der Waals surface area contributed by atoms with Crippen LogP contribution in [0.25, 0.3) is 21.5 Å². The van der Waals surface area contributed by atoms with E-state index >= 15 is 0 Å². The second-order valence-corrected chi connectivity index (χ2v) is 7.69. The first-order valence-electron chi connectivity index (χ1n) is 10.2. The van der Waals surface area contributed by atoms with Gasteiger partial charge in [-0.15, -0.1) is 10.2 Å². The van der Waals surface area contributed by atoms with Crippen LogP contribution in [0.3, 0.4) is 0 Å². The van der Waals surface area contributed by atoms with Crippen molar-refractivity contribution in [3.8, 4) is 5.75 Å². The van der Waals surface area contributed by atoms with Crippen molar-refractivity contribution >= 4 is 55.9 Å². The van der Waals surface area contributed by atoms with Gasteiger partial charge in [-0.05, 0) is 26.0 Å². The Balaban J connectivity index is 2.06. The van der Waals surface area contributed by atoms with Crippen LogP contribution in [0.2, 0.25) is 0 Å². The highest BCUT2D eigenvalue weighted by atomic mass is 16.6. The fourth-order valence-electron chi connectivity index (χ4n) is 3.81. The standard InChI is InChI=1S/C24H16N4O7/c1-12(29)14-6-8-17-19(10-14)24(31)22-16(13(2)30)4-3-5-18(22)23(17)26-25-20-9-7-15(27(32)33)11-21(20)28(34)35/h3-11,31H,1-2H3. The van der Waals surface area contributed by atoms with Gasteiger partial charge in [0.2, 0.25) is 0 Å². The van der Waals surface area contributed by atoms with Crippen LogP contribution in [0.5, 0.6) is 5.75 Å². The van der Waals surface area contributed by atoms with Crippen molar-refractivity contribution in [3.63, 3.8) is 0 Å². The lowest BCUT2D eigenvalue weighted by molar-refractivity contribution is -0.393. The smallest absolute Gasteiger partial charge is 0.303 e. The number of hydrogen-bond acceptors (Lipinski definition) is 9. The summed E-state index contributed by atoms with van der Waals surface area (Å²) >= 11 is 0. The Morgan fingerprint density at radius 3 is 2.20 bits per heavy atom. The van der Waals surface area contributed by atoms with Crippen LogP contribution in [0.1, 0.15) is 34.6 Å². The number of nitrogens with zero attached hydrogens (tertiary/aromatic N) is 4. The fraction of sp³-hybridized carbons (Fsp3) is 0.0833. The highest BCUT2D eigenvalue weighted by Crippen LogP contribution is 2.45. The molecule has 11 nitrogen and oxygen atoms in total. The number of non-ortho nitro benzene ring substituents is 1. The van der Waals surface area contributed by atoms with Crippen LogP contribution < -0.4 is 0 Å². The molecule has 0 unspecified atom stereocenters. The summed E-state index contributed by atoms with van der Waals surface area (Å²) in [5.41, 5.74) is -0.580. The first-order chi connectivity index (χ1) is 16.6. The molecule has 4 aromatic carbocycles. The number of aromatic hydroxyl groups is 1. The maximum Gasteiger partial charge on any atom is 0.303 e. The van der Waals surface area contributed by atoms with Gasteiger partial charge in [0.25, 0.3) is 5.69 Å². The van der Waals surface area contributed by atoms with Crippen molar-refractivity contribution in [1.29, 1.82) is 0 Å². The lowest BCUT2D eigenvalue weighted by atomic mass is 9.93. The van der Waals surface area contributed by atoms with Crippen molar-refractivity contribution < 1.29 is 24.5 Å². The second-order valence-electron chi connectivity index (χ2n) is 7.69. The number of benzene rings is 4. The zero-order valence-electron chi connectivity index (χ0n) is 18.4. The number of phenolic OH excluding ortho intramolecular Hbond substituents is 1. The maximum atomic E-state index is 12.3. The minimum atomic E-state index is -0.804. The number of ketones is 2. The Bertz CT molecular complexity index is 1630. The molecule has 11 heteroatoms. The molecular weight excluding hydrogens is 456 g/mol. The van der Waals surface area contributed by atoms with Gasteiger partial charge in [0.05, 0.1) is 15.9 Å². The average molecular weight is 472 g/mol. The molecule has 0 heterocycles. The highest BCUT2D eigenvalue weighted by molar-refractivity contribution is 6.21. The fourth-order valence-corrected chi connectivity index (χ4v) is 3.81. The zero-order chi connectivity index (χ0) is 25.4. The van der Waals surface area contributed by atoms with Gasteiger partial charge in [-0.3, -0.25) is 29.8 Å².